The van der Waals surface area contributed by atoms with Crippen molar-refractivity contribution >= 4 is 38.0 Å². The molecule has 5 aliphatic rings. The Morgan fingerprint density at radius 3 is 2.25 bits per heavy atom. The van der Waals surface area contributed by atoms with Crippen molar-refractivity contribution < 1.29 is 39.9 Å². The molecule has 198 valence electrons. The Morgan fingerprint density at radius 1 is 1.03 bits per heavy atom. The fourth-order valence-corrected chi connectivity index (χ4v) is 12.1. The standard InChI is InChI=1S/C25H30F2O7S2/c26-25(27,16-33-23(30)24-12-17-10-19(13-24)22(29)20(11-17)14-24)36(31,32)34-35(8-4-5-9-35)15-21(28)18-6-2-1-3-7-18/h1-3,6-7,17,19-20H,4-5,8-16H2. The molecule has 2 atom stereocenters. The van der Waals surface area contributed by atoms with Crippen LogP contribution in [0, 0.1) is 23.2 Å². The number of esters is 1. The molecular formula is C25H30F2O7S2. The van der Waals surface area contributed by atoms with E-state index in [4.69, 9.17) is 8.37 Å². The number of hydrogen-bond acceptors (Lipinski definition) is 7. The van der Waals surface area contributed by atoms with Gasteiger partial charge in [0.1, 0.15) is 5.78 Å². The van der Waals surface area contributed by atoms with Crippen molar-refractivity contribution in [2.75, 3.05) is 23.9 Å². The molecule has 0 amide bonds. The van der Waals surface area contributed by atoms with E-state index in [1.54, 1.807) is 30.3 Å². The molecule has 1 saturated heterocycles. The van der Waals surface area contributed by atoms with Crippen LogP contribution in [0.2, 0.25) is 0 Å². The van der Waals surface area contributed by atoms with Crippen LogP contribution >= 0.6 is 10.3 Å². The molecule has 36 heavy (non-hydrogen) atoms. The lowest BCUT2D eigenvalue weighted by Crippen LogP contribution is -2.55. The minimum Gasteiger partial charge on any atom is -0.458 e. The molecule has 4 saturated carbocycles. The number of carbonyl (C=O) groups excluding carboxylic acids is 3. The zero-order chi connectivity index (χ0) is 25.8. The average Bonchev–Trinajstić information content (AvgIpc) is 3.27. The number of rotatable bonds is 9. The fraction of sp³-hybridized carbons (Fsp3) is 0.640. The topological polar surface area (TPSA) is 104 Å². The summed E-state index contributed by atoms with van der Waals surface area (Å²) in [6.07, 6.45) is 3.64. The van der Waals surface area contributed by atoms with Crippen LogP contribution in [0.15, 0.2) is 30.3 Å². The van der Waals surface area contributed by atoms with Gasteiger partial charge in [-0.25, -0.2) is 3.63 Å². The number of benzene rings is 1. The fourth-order valence-electron chi connectivity index (χ4n) is 6.63. The van der Waals surface area contributed by atoms with E-state index in [-0.39, 0.29) is 59.4 Å². The predicted molar refractivity (Wildman–Crippen MR) is 129 cm³/mol. The highest BCUT2D eigenvalue weighted by atomic mass is 32.3. The van der Waals surface area contributed by atoms with Gasteiger partial charge in [0.15, 0.2) is 12.4 Å². The zero-order valence-corrected chi connectivity index (χ0v) is 21.5. The van der Waals surface area contributed by atoms with E-state index in [1.807, 2.05) is 0 Å². The summed E-state index contributed by atoms with van der Waals surface area (Å²) in [5, 5.41) is -4.46. The lowest BCUT2D eigenvalue weighted by molar-refractivity contribution is -0.178. The average molecular weight is 545 g/mol. The van der Waals surface area contributed by atoms with Gasteiger partial charge in [0, 0.05) is 28.9 Å². The van der Waals surface area contributed by atoms with Gasteiger partial charge < -0.3 is 4.74 Å². The Morgan fingerprint density at radius 2 is 1.64 bits per heavy atom. The van der Waals surface area contributed by atoms with Gasteiger partial charge in [-0.1, -0.05) is 30.3 Å². The summed E-state index contributed by atoms with van der Waals surface area (Å²) in [5.74, 6) is -1.15. The Balaban J connectivity index is 1.26. The third-order valence-electron chi connectivity index (χ3n) is 8.17. The van der Waals surface area contributed by atoms with Crippen LogP contribution in [-0.4, -0.2) is 55.1 Å². The van der Waals surface area contributed by atoms with E-state index in [0.717, 1.165) is 12.8 Å². The number of carbonyl (C=O) groups is 3. The minimum absolute atomic E-state index is 0.144. The summed E-state index contributed by atoms with van der Waals surface area (Å²) < 4.78 is 65.5. The summed E-state index contributed by atoms with van der Waals surface area (Å²) in [6.45, 7) is -1.65. The molecule has 6 rings (SSSR count). The summed E-state index contributed by atoms with van der Waals surface area (Å²) in [4.78, 5) is 38.1. The van der Waals surface area contributed by atoms with Gasteiger partial charge in [0.2, 0.25) is 0 Å². The molecule has 1 heterocycles. The number of Topliss-reactive ketones (excluding diaryl/α,β-unsaturated/α-hetero) is 2. The third kappa shape index (κ3) is 4.62. The third-order valence-corrected chi connectivity index (χ3v) is 13.7. The van der Waals surface area contributed by atoms with Crippen molar-refractivity contribution in [3.8, 4) is 0 Å². The lowest BCUT2D eigenvalue weighted by Gasteiger charge is -2.53. The van der Waals surface area contributed by atoms with Gasteiger partial charge in [-0.05, 0) is 50.9 Å². The van der Waals surface area contributed by atoms with Crippen molar-refractivity contribution in [1.82, 2.24) is 0 Å². The summed E-state index contributed by atoms with van der Waals surface area (Å²) in [7, 11) is -8.10. The molecule has 1 aliphatic heterocycles. The van der Waals surface area contributed by atoms with E-state index in [9.17, 15) is 31.6 Å². The highest BCUT2D eigenvalue weighted by Gasteiger charge is 2.60. The maximum absolute atomic E-state index is 15.0. The Bertz CT molecular complexity index is 1140. The van der Waals surface area contributed by atoms with Crippen LogP contribution in [0.1, 0.15) is 55.3 Å². The zero-order valence-electron chi connectivity index (χ0n) is 19.8. The first-order valence-corrected chi connectivity index (χ1v) is 15.8. The van der Waals surface area contributed by atoms with Gasteiger partial charge in [-0.2, -0.15) is 17.2 Å². The Hall–Kier alpha value is -1.85. The largest absolute Gasteiger partial charge is 0.458 e. The number of ether oxygens (including phenoxy) is 1. The second-order valence-electron chi connectivity index (χ2n) is 10.8. The molecule has 0 aromatic heterocycles. The smallest absolute Gasteiger partial charge is 0.403 e. The lowest BCUT2D eigenvalue weighted by atomic mass is 9.49. The molecule has 0 radical (unpaired) electrons. The van der Waals surface area contributed by atoms with E-state index < -0.39 is 43.7 Å². The number of hydrogen-bond donors (Lipinski definition) is 0. The van der Waals surface area contributed by atoms with Crippen LogP contribution in [0.4, 0.5) is 8.78 Å². The molecule has 7 nitrogen and oxygen atoms in total. The molecule has 5 fully saturated rings. The van der Waals surface area contributed by atoms with Crippen molar-refractivity contribution in [3.63, 3.8) is 0 Å². The molecule has 1 aromatic rings. The first-order valence-electron chi connectivity index (χ1n) is 12.3. The van der Waals surface area contributed by atoms with Crippen molar-refractivity contribution in [2.45, 2.75) is 50.2 Å². The van der Waals surface area contributed by atoms with Crippen molar-refractivity contribution in [2.24, 2.45) is 23.2 Å². The van der Waals surface area contributed by atoms with Gasteiger partial charge >= 0.3 is 21.3 Å². The molecule has 4 bridgehead atoms. The highest BCUT2D eigenvalue weighted by molar-refractivity contribution is 8.33. The monoisotopic (exact) mass is 544 g/mol. The summed E-state index contributed by atoms with van der Waals surface area (Å²) in [6, 6.07) is 8.25. The molecule has 11 heteroatoms. The van der Waals surface area contributed by atoms with Gasteiger partial charge in [-0.3, -0.25) is 14.4 Å². The first-order chi connectivity index (χ1) is 16.9. The van der Waals surface area contributed by atoms with Gasteiger partial charge in [0.25, 0.3) is 0 Å². The van der Waals surface area contributed by atoms with Crippen LogP contribution in [0.25, 0.3) is 0 Å². The molecule has 0 spiro atoms. The predicted octanol–water partition coefficient (Wildman–Crippen LogP) is 4.26. The second kappa shape index (κ2) is 9.16. The molecule has 0 N–H and O–H groups in total. The van der Waals surface area contributed by atoms with E-state index >= 15 is 0 Å². The van der Waals surface area contributed by atoms with E-state index in [0.29, 0.717) is 24.8 Å². The van der Waals surface area contributed by atoms with Crippen LogP contribution in [0.3, 0.4) is 0 Å². The molecule has 1 aromatic carbocycles. The first kappa shape index (κ1) is 25.8. The number of halogens is 2. The molecular weight excluding hydrogens is 514 g/mol. The highest BCUT2D eigenvalue weighted by Crippen LogP contribution is 2.60. The Kier molecular flexibility index (Phi) is 6.56. The molecule has 4 aliphatic carbocycles. The van der Waals surface area contributed by atoms with Crippen LogP contribution in [0.5, 0.6) is 0 Å². The van der Waals surface area contributed by atoms with Gasteiger partial charge in [0.05, 0.1) is 11.2 Å². The van der Waals surface area contributed by atoms with Crippen molar-refractivity contribution in [1.29, 1.82) is 0 Å². The van der Waals surface area contributed by atoms with Crippen LogP contribution < -0.4 is 0 Å². The van der Waals surface area contributed by atoms with Crippen LogP contribution in [-0.2, 0) is 28.1 Å². The normalized spacial score (nSPS) is 31.8. The number of alkyl halides is 2. The van der Waals surface area contributed by atoms with E-state index in [2.05, 4.69) is 0 Å². The second-order valence-corrected chi connectivity index (χ2v) is 15.9. The minimum atomic E-state index is -5.47. The quantitative estimate of drug-likeness (QED) is 0.338. The Labute approximate surface area is 210 Å². The maximum atomic E-state index is 15.0. The van der Waals surface area contributed by atoms with Gasteiger partial charge in [-0.15, -0.1) is 10.3 Å². The summed E-state index contributed by atoms with van der Waals surface area (Å²) in [5.41, 5.74) is -0.627. The molecule has 2 unspecified atom stereocenters. The SMILES string of the molecule is O=C(CS1(OS(=O)(=O)C(F)(F)COC(=O)C23CC4CC(C2)C(=O)C(C4)C3)CCCC1)c1ccccc1. The number of ketones is 2. The van der Waals surface area contributed by atoms with Crippen molar-refractivity contribution in [3.05, 3.63) is 35.9 Å². The van der Waals surface area contributed by atoms with E-state index in [1.165, 1.54) is 0 Å². The maximum Gasteiger partial charge on any atom is 0.403 e. The summed E-state index contributed by atoms with van der Waals surface area (Å²) >= 11 is 0.